The maximum atomic E-state index is 13.3. The van der Waals surface area contributed by atoms with Gasteiger partial charge >= 0.3 is 6.03 Å². The molecule has 1 saturated heterocycles. The number of carbonyl (C=O) groups excluding carboxylic acids is 3. The molecule has 0 spiro atoms. The van der Waals surface area contributed by atoms with Crippen molar-refractivity contribution in [2.24, 2.45) is 0 Å². The summed E-state index contributed by atoms with van der Waals surface area (Å²) in [6.07, 6.45) is 1.02. The van der Waals surface area contributed by atoms with Gasteiger partial charge in [-0.05, 0) is 48.6 Å². The third-order valence-corrected chi connectivity index (χ3v) is 5.35. The van der Waals surface area contributed by atoms with Crippen LogP contribution in [0.15, 0.2) is 42.5 Å². The van der Waals surface area contributed by atoms with Gasteiger partial charge in [0.05, 0.1) is 0 Å². The van der Waals surface area contributed by atoms with E-state index in [0.29, 0.717) is 11.3 Å². The summed E-state index contributed by atoms with van der Waals surface area (Å²) in [5.74, 6) is -1.41. The van der Waals surface area contributed by atoms with Crippen LogP contribution in [0.3, 0.4) is 0 Å². The molecule has 2 N–H and O–H groups in total. The molecule has 4 amide bonds. The second-order valence-electron chi connectivity index (χ2n) is 7.10. The first-order valence-corrected chi connectivity index (χ1v) is 9.61. The topological polar surface area (TPSA) is 78.5 Å². The molecule has 3 rings (SSSR count). The van der Waals surface area contributed by atoms with Crippen molar-refractivity contribution in [3.63, 3.8) is 0 Å². The Morgan fingerprint density at radius 3 is 2.45 bits per heavy atom. The van der Waals surface area contributed by atoms with E-state index < -0.39 is 35.7 Å². The highest BCUT2D eigenvalue weighted by Gasteiger charge is 2.51. The van der Waals surface area contributed by atoms with E-state index in [0.717, 1.165) is 22.4 Å². The molecule has 0 bridgehead atoms. The molecule has 1 aliphatic rings. The van der Waals surface area contributed by atoms with Crippen LogP contribution in [0.1, 0.15) is 37.0 Å². The van der Waals surface area contributed by atoms with Gasteiger partial charge in [-0.15, -0.1) is 0 Å². The molecule has 2 aromatic carbocycles. The van der Waals surface area contributed by atoms with Gasteiger partial charge in [0.2, 0.25) is 5.91 Å². The number of nitrogens with one attached hydrogen (secondary N) is 2. The monoisotopic (exact) mass is 397 g/mol. The van der Waals surface area contributed by atoms with Crippen molar-refractivity contribution in [3.8, 4) is 0 Å². The summed E-state index contributed by atoms with van der Waals surface area (Å²) in [5.41, 5.74) is 1.76. The van der Waals surface area contributed by atoms with Gasteiger partial charge in [-0.25, -0.2) is 9.18 Å². The standard InChI is InChI=1S/C22H24FN3O3/c1-4-15-8-6-7-14(3)19(15)24-18(27)13-26-20(28)22(5-2,25-21(26)29)16-9-11-17(23)12-10-16/h6-12H,4-5,13H2,1-3H3,(H,24,27)(H,25,29)/t22-/m0/s1. The zero-order valence-corrected chi connectivity index (χ0v) is 16.7. The molecule has 6 nitrogen and oxygen atoms in total. The van der Waals surface area contributed by atoms with E-state index in [1.54, 1.807) is 6.92 Å². The maximum absolute atomic E-state index is 13.3. The number of hydrogen-bond donors (Lipinski definition) is 2. The Hall–Kier alpha value is -3.22. The number of para-hydroxylation sites is 1. The first kappa shape index (κ1) is 20.5. The predicted molar refractivity (Wildman–Crippen MR) is 108 cm³/mol. The number of aryl methyl sites for hydroxylation is 2. The third kappa shape index (κ3) is 3.72. The van der Waals surface area contributed by atoms with Crippen molar-refractivity contribution in [2.45, 2.75) is 39.2 Å². The number of imide groups is 1. The summed E-state index contributed by atoms with van der Waals surface area (Å²) in [4.78, 5) is 39.2. The SMILES string of the molecule is CCc1cccc(C)c1NC(=O)CN1C(=O)N[C@@](CC)(c2ccc(F)cc2)C1=O. The molecular weight excluding hydrogens is 373 g/mol. The van der Waals surface area contributed by atoms with Crippen LogP contribution in [0.5, 0.6) is 0 Å². The minimum atomic E-state index is -1.30. The Morgan fingerprint density at radius 2 is 1.83 bits per heavy atom. The lowest BCUT2D eigenvalue weighted by atomic mass is 9.87. The molecular formula is C22H24FN3O3. The second-order valence-corrected chi connectivity index (χ2v) is 7.10. The molecule has 1 atom stereocenters. The van der Waals surface area contributed by atoms with E-state index in [-0.39, 0.29) is 6.42 Å². The lowest BCUT2D eigenvalue weighted by Gasteiger charge is -2.25. The molecule has 2 aromatic rings. The highest BCUT2D eigenvalue weighted by Crippen LogP contribution is 2.32. The molecule has 0 saturated carbocycles. The molecule has 1 heterocycles. The molecule has 0 aliphatic carbocycles. The fraction of sp³-hybridized carbons (Fsp3) is 0.318. The Kier molecular flexibility index (Phi) is 5.68. The van der Waals surface area contributed by atoms with Crippen LogP contribution >= 0.6 is 0 Å². The largest absolute Gasteiger partial charge is 0.325 e. The van der Waals surface area contributed by atoms with Crippen LogP contribution in [0.25, 0.3) is 0 Å². The quantitative estimate of drug-likeness (QED) is 0.733. The molecule has 0 aromatic heterocycles. The molecule has 0 unspecified atom stereocenters. The highest BCUT2D eigenvalue weighted by atomic mass is 19.1. The van der Waals surface area contributed by atoms with Crippen LogP contribution in [-0.2, 0) is 21.5 Å². The number of amides is 4. The van der Waals surface area contributed by atoms with Crippen molar-refractivity contribution in [2.75, 3.05) is 11.9 Å². The van der Waals surface area contributed by atoms with Gasteiger partial charge in [-0.3, -0.25) is 14.5 Å². The van der Waals surface area contributed by atoms with Crippen LogP contribution < -0.4 is 10.6 Å². The highest BCUT2D eigenvalue weighted by molar-refractivity contribution is 6.10. The van der Waals surface area contributed by atoms with Gasteiger partial charge in [0, 0.05) is 5.69 Å². The number of benzene rings is 2. The van der Waals surface area contributed by atoms with E-state index in [2.05, 4.69) is 10.6 Å². The smallest absolute Gasteiger partial charge is 0.324 e. The lowest BCUT2D eigenvalue weighted by Crippen LogP contribution is -2.44. The molecule has 1 fully saturated rings. The van der Waals surface area contributed by atoms with Gasteiger partial charge in [0.15, 0.2) is 0 Å². The summed E-state index contributed by atoms with van der Waals surface area (Å²) >= 11 is 0. The third-order valence-electron chi connectivity index (χ3n) is 5.35. The van der Waals surface area contributed by atoms with Crippen LogP contribution in [0, 0.1) is 12.7 Å². The summed E-state index contributed by atoms with van der Waals surface area (Å²) in [6.45, 7) is 5.23. The Balaban J connectivity index is 1.81. The maximum Gasteiger partial charge on any atom is 0.325 e. The minimum absolute atomic E-state index is 0.277. The van der Waals surface area contributed by atoms with Crippen LogP contribution in [0.2, 0.25) is 0 Å². The van der Waals surface area contributed by atoms with E-state index in [9.17, 15) is 18.8 Å². The predicted octanol–water partition coefficient (Wildman–Crippen LogP) is 3.49. The van der Waals surface area contributed by atoms with Crippen LogP contribution in [0.4, 0.5) is 14.9 Å². The first-order valence-electron chi connectivity index (χ1n) is 9.61. The van der Waals surface area contributed by atoms with Gasteiger partial charge in [0.25, 0.3) is 5.91 Å². The zero-order chi connectivity index (χ0) is 21.2. The number of hydrogen-bond acceptors (Lipinski definition) is 3. The summed E-state index contributed by atoms with van der Waals surface area (Å²) in [6, 6.07) is 10.5. The number of carbonyl (C=O) groups is 3. The van der Waals surface area contributed by atoms with Gasteiger partial charge in [-0.1, -0.05) is 44.2 Å². The van der Waals surface area contributed by atoms with E-state index in [1.165, 1.54) is 24.3 Å². The minimum Gasteiger partial charge on any atom is -0.324 e. The molecule has 7 heteroatoms. The van der Waals surface area contributed by atoms with Crippen molar-refractivity contribution < 1.29 is 18.8 Å². The van der Waals surface area contributed by atoms with Gasteiger partial charge in [0.1, 0.15) is 17.9 Å². The van der Waals surface area contributed by atoms with E-state index in [1.807, 2.05) is 32.0 Å². The Morgan fingerprint density at radius 1 is 1.14 bits per heavy atom. The zero-order valence-electron chi connectivity index (χ0n) is 16.7. The number of nitrogens with zero attached hydrogens (tertiary/aromatic N) is 1. The summed E-state index contributed by atoms with van der Waals surface area (Å²) in [5, 5.41) is 5.52. The number of rotatable bonds is 6. The van der Waals surface area contributed by atoms with E-state index >= 15 is 0 Å². The van der Waals surface area contributed by atoms with Crippen LogP contribution in [-0.4, -0.2) is 29.3 Å². The average molecular weight is 397 g/mol. The molecule has 0 radical (unpaired) electrons. The summed E-state index contributed by atoms with van der Waals surface area (Å²) < 4.78 is 13.3. The summed E-state index contributed by atoms with van der Waals surface area (Å²) in [7, 11) is 0. The second kappa shape index (κ2) is 8.03. The van der Waals surface area contributed by atoms with Crippen molar-refractivity contribution in [1.29, 1.82) is 0 Å². The molecule has 152 valence electrons. The van der Waals surface area contributed by atoms with Gasteiger partial charge < -0.3 is 10.6 Å². The number of halogens is 1. The van der Waals surface area contributed by atoms with Crippen molar-refractivity contribution in [3.05, 3.63) is 65.0 Å². The average Bonchev–Trinajstić information content (AvgIpc) is 2.95. The van der Waals surface area contributed by atoms with Crippen molar-refractivity contribution in [1.82, 2.24) is 10.2 Å². The molecule has 29 heavy (non-hydrogen) atoms. The van der Waals surface area contributed by atoms with Gasteiger partial charge in [-0.2, -0.15) is 0 Å². The number of urea groups is 1. The fourth-order valence-corrected chi connectivity index (χ4v) is 3.67. The number of anilines is 1. The molecule has 1 aliphatic heterocycles. The fourth-order valence-electron chi connectivity index (χ4n) is 3.67. The Labute approximate surface area is 169 Å². The van der Waals surface area contributed by atoms with E-state index in [4.69, 9.17) is 0 Å². The normalized spacial score (nSPS) is 18.7. The Bertz CT molecular complexity index is 958. The lowest BCUT2D eigenvalue weighted by molar-refractivity contribution is -0.134. The van der Waals surface area contributed by atoms with Crippen molar-refractivity contribution >= 4 is 23.5 Å². The first-order chi connectivity index (χ1) is 13.8.